The first-order valence-electron chi connectivity index (χ1n) is 9.06. The lowest BCUT2D eigenvalue weighted by Gasteiger charge is -2.17. The number of nitrogens with one attached hydrogen (secondary N) is 1. The maximum absolute atomic E-state index is 13.1. The van der Waals surface area contributed by atoms with Crippen molar-refractivity contribution in [3.8, 4) is 23.1 Å². The van der Waals surface area contributed by atoms with Crippen molar-refractivity contribution < 1.29 is 9.53 Å². The molecule has 0 aliphatic carbocycles. The van der Waals surface area contributed by atoms with E-state index in [2.05, 4.69) is 16.4 Å². The van der Waals surface area contributed by atoms with E-state index in [1.807, 2.05) is 68.4 Å². The average molecular weight is 371 g/mol. The zero-order valence-corrected chi connectivity index (χ0v) is 16.1. The van der Waals surface area contributed by atoms with Crippen LogP contribution >= 0.6 is 0 Å². The van der Waals surface area contributed by atoms with E-state index in [0.717, 1.165) is 11.1 Å². The largest absolute Gasteiger partial charge is 0.477 e. The van der Waals surface area contributed by atoms with Crippen molar-refractivity contribution in [1.82, 2.24) is 4.98 Å². The molecule has 2 aromatic carbocycles. The van der Waals surface area contributed by atoms with Crippen LogP contribution in [0.4, 0.5) is 5.69 Å². The fourth-order valence-electron chi connectivity index (χ4n) is 3.02. The van der Waals surface area contributed by atoms with Gasteiger partial charge in [-0.3, -0.25) is 4.79 Å². The number of rotatable bonds is 5. The van der Waals surface area contributed by atoms with Crippen LogP contribution in [0.25, 0.3) is 11.1 Å². The van der Waals surface area contributed by atoms with Crippen LogP contribution in [0.2, 0.25) is 0 Å². The maximum Gasteiger partial charge on any atom is 0.258 e. The Hall–Kier alpha value is -3.65. The molecule has 140 valence electrons. The van der Waals surface area contributed by atoms with Crippen molar-refractivity contribution in [1.29, 1.82) is 5.26 Å². The second-order valence-electron chi connectivity index (χ2n) is 6.36. The van der Waals surface area contributed by atoms with E-state index in [1.165, 1.54) is 0 Å². The van der Waals surface area contributed by atoms with Gasteiger partial charge in [0.15, 0.2) is 0 Å². The normalized spacial score (nSPS) is 10.2. The number of carbonyl (C=O) groups is 1. The standard InChI is InChI=1S/C23H21N3O2/c1-4-28-23-19(14-24)21(17-8-6-5-7-9-17)20(16(3)25-23)22(27)26-18-12-10-15(2)11-13-18/h5-13H,4H2,1-3H3,(H,26,27). The Balaban J connectivity index is 2.17. The molecule has 0 saturated heterocycles. The molecule has 1 aromatic heterocycles. The molecule has 28 heavy (non-hydrogen) atoms. The third-order valence-electron chi connectivity index (χ3n) is 4.34. The summed E-state index contributed by atoms with van der Waals surface area (Å²) in [5, 5.41) is 12.7. The molecule has 3 rings (SSSR count). The summed E-state index contributed by atoms with van der Waals surface area (Å²) in [6.07, 6.45) is 0. The molecule has 3 aromatic rings. The molecule has 0 atom stereocenters. The van der Waals surface area contributed by atoms with E-state index in [0.29, 0.717) is 29.1 Å². The van der Waals surface area contributed by atoms with Crippen molar-refractivity contribution in [2.24, 2.45) is 0 Å². The number of hydrogen-bond acceptors (Lipinski definition) is 4. The number of hydrogen-bond donors (Lipinski definition) is 1. The zero-order valence-electron chi connectivity index (χ0n) is 16.1. The summed E-state index contributed by atoms with van der Waals surface area (Å²) in [5.74, 6) is -0.0690. The molecule has 0 aliphatic heterocycles. The van der Waals surface area contributed by atoms with E-state index in [-0.39, 0.29) is 17.4 Å². The number of aryl methyl sites for hydroxylation is 2. The van der Waals surface area contributed by atoms with Gasteiger partial charge in [0.05, 0.1) is 17.9 Å². The summed E-state index contributed by atoms with van der Waals surface area (Å²) in [5.41, 5.74) is 4.21. The van der Waals surface area contributed by atoms with Gasteiger partial charge in [0, 0.05) is 11.3 Å². The minimum Gasteiger partial charge on any atom is -0.477 e. The fourth-order valence-corrected chi connectivity index (χ4v) is 3.02. The second-order valence-corrected chi connectivity index (χ2v) is 6.36. The number of anilines is 1. The number of nitriles is 1. The number of ether oxygens (including phenoxy) is 1. The summed E-state index contributed by atoms with van der Waals surface area (Å²) in [7, 11) is 0. The number of nitrogens with zero attached hydrogens (tertiary/aromatic N) is 2. The van der Waals surface area contributed by atoms with Crippen LogP contribution in [0.5, 0.6) is 5.88 Å². The fraction of sp³-hybridized carbons (Fsp3) is 0.174. The smallest absolute Gasteiger partial charge is 0.258 e. The van der Waals surface area contributed by atoms with Gasteiger partial charge in [0.25, 0.3) is 5.91 Å². The van der Waals surface area contributed by atoms with Gasteiger partial charge >= 0.3 is 0 Å². The molecule has 0 saturated carbocycles. The molecule has 0 spiro atoms. The Kier molecular flexibility index (Phi) is 5.71. The van der Waals surface area contributed by atoms with Gasteiger partial charge in [-0.2, -0.15) is 5.26 Å². The highest BCUT2D eigenvalue weighted by molar-refractivity contribution is 6.10. The van der Waals surface area contributed by atoms with Crippen LogP contribution in [-0.4, -0.2) is 17.5 Å². The van der Waals surface area contributed by atoms with E-state index >= 15 is 0 Å². The molecule has 5 heteroatoms. The average Bonchev–Trinajstić information content (AvgIpc) is 2.70. The number of aromatic nitrogens is 1. The molecular weight excluding hydrogens is 350 g/mol. The SMILES string of the molecule is CCOc1nc(C)c(C(=O)Nc2ccc(C)cc2)c(-c2ccccc2)c1C#N. The van der Waals surface area contributed by atoms with E-state index in [1.54, 1.807) is 6.92 Å². The molecule has 0 radical (unpaired) electrons. The van der Waals surface area contributed by atoms with Crippen LogP contribution in [0.15, 0.2) is 54.6 Å². The quantitative estimate of drug-likeness (QED) is 0.693. The van der Waals surface area contributed by atoms with Gasteiger partial charge in [0.1, 0.15) is 11.6 Å². The first-order valence-corrected chi connectivity index (χ1v) is 9.06. The Labute approximate surface area is 164 Å². The third-order valence-corrected chi connectivity index (χ3v) is 4.34. The van der Waals surface area contributed by atoms with Gasteiger partial charge < -0.3 is 10.1 Å². The van der Waals surface area contributed by atoms with E-state index in [9.17, 15) is 10.1 Å². The van der Waals surface area contributed by atoms with Crippen molar-refractivity contribution in [3.63, 3.8) is 0 Å². The van der Waals surface area contributed by atoms with Crippen LogP contribution in [-0.2, 0) is 0 Å². The van der Waals surface area contributed by atoms with E-state index in [4.69, 9.17) is 4.74 Å². The van der Waals surface area contributed by atoms with Crippen LogP contribution in [0.1, 0.15) is 34.1 Å². The summed E-state index contributed by atoms with van der Waals surface area (Å²) < 4.78 is 5.57. The zero-order chi connectivity index (χ0) is 20.1. The molecule has 1 heterocycles. The van der Waals surface area contributed by atoms with Crippen molar-refractivity contribution >= 4 is 11.6 Å². The van der Waals surface area contributed by atoms with Gasteiger partial charge in [-0.1, -0.05) is 48.0 Å². The molecule has 0 fully saturated rings. The monoisotopic (exact) mass is 371 g/mol. The summed E-state index contributed by atoms with van der Waals surface area (Å²) in [6.45, 7) is 5.95. The molecule has 1 amide bonds. The highest BCUT2D eigenvalue weighted by atomic mass is 16.5. The predicted octanol–water partition coefficient (Wildman–Crippen LogP) is 4.89. The lowest BCUT2D eigenvalue weighted by molar-refractivity contribution is 0.102. The molecular formula is C23H21N3O2. The van der Waals surface area contributed by atoms with Gasteiger partial charge in [-0.25, -0.2) is 4.98 Å². The van der Waals surface area contributed by atoms with E-state index < -0.39 is 0 Å². The summed E-state index contributed by atoms with van der Waals surface area (Å²) in [4.78, 5) is 17.5. The number of pyridine rings is 1. The van der Waals surface area contributed by atoms with Crippen LogP contribution < -0.4 is 10.1 Å². The topological polar surface area (TPSA) is 75.0 Å². The summed E-state index contributed by atoms with van der Waals surface area (Å²) >= 11 is 0. The second kappa shape index (κ2) is 8.36. The number of benzene rings is 2. The molecule has 0 bridgehead atoms. The molecule has 0 unspecified atom stereocenters. The molecule has 0 aliphatic rings. The van der Waals surface area contributed by atoms with Crippen molar-refractivity contribution in [2.75, 3.05) is 11.9 Å². The lowest BCUT2D eigenvalue weighted by Crippen LogP contribution is -2.17. The lowest BCUT2D eigenvalue weighted by atomic mass is 9.94. The van der Waals surface area contributed by atoms with Gasteiger partial charge in [-0.05, 0) is 38.5 Å². The number of carbonyl (C=O) groups excluding carboxylic acids is 1. The Morgan fingerprint density at radius 3 is 2.39 bits per heavy atom. The minimum absolute atomic E-state index is 0.244. The van der Waals surface area contributed by atoms with Crippen LogP contribution in [0.3, 0.4) is 0 Å². The number of amides is 1. The molecule has 5 nitrogen and oxygen atoms in total. The van der Waals surface area contributed by atoms with Crippen molar-refractivity contribution in [2.45, 2.75) is 20.8 Å². The highest BCUT2D eigenvalue weighted by Gasteiger charge is 2.24. The maximum atomic E-state index is 13.1. The first kappa shape index (κ1) is 19.1. The van der Waals surface area contributed by atoms with Crippen LogP contribution in [0, 0.1) is 25.2 Å². The third kappa shape index (κ3) is 3.86. The Bertz CT molecular complexity index is 1040. The predicted molar refractivity (Wildman–Crippen MR) is 109 cm³/mol. The van der Waals surface area contributed by atoms with Gasteiger partial charge in [-0.15, -0.1) is 0 Å². The Morgan fingerprint density at radius 1 is 1.11 bits per heavy atom. The Morgan fingerprint density at radius 2 is 1.79 bits per heavy atom. The first-order chi connectivity index (χ1) is 13.5. The molecule has 1 N–H and O–H groups in total. The summed E-state index contributed by atoms with van der Waals surface area (Å²) in [6, 6.07) is 19.1. The van der Waals surface area contributed by atoms with Crippen molar-refractivity contribution in [3.05, 3.63) is 77.0 Å². The highest BCUT2D eigenvalue weighted by Crippen LogP contribution is 2.34. The van der Waals surface area contributed by atoms with Gasteiger partial charge in [0.2, 0.25) is 5.88 Å². The minimum atomic E-state index is -0.313.